The summed E-state index contributed by atoms with van der Waals surface area (Å²) in [5, 5.41) is 12.2. The molecule has 3 aromatic heterocycles. The molecular weight excluding hydrogens is 1130 g/mol. The van der Waals surface area contributed by atoms with Crippen LogP contribution in [0.25, 0.3) is 149 Å². The van der Waals surface area contributed by atoms with E-state index in [1.807, 2.05) is 0 Å². The maximum Gasteiger partial charge on any atom is 0.0547 e. The van der Waals surface area contributed by atoms with Crippen LogP contribution in [0.3, 0.4) is 0 Å². The Morgan fingerprint density at radius 3 is 1.06 bits per heavy atom. The molecule has 0 aliphatic heterocycles. The van der Waals surface area contributed by atoms with Crippen LogP contribution in [0.1, 0.15) is 25.0 Å². The summed E-state index contributed by atoms with van der Waals surface area (Å²) >= 11 is 0. The summed E-state index contributed by atoms with van der Waals surface area (Å²) in [4.78, 5) is 2.55. The third-order valence-electron chi connectivity index (χ3n) is 20.2. The number of hydrogen-bond acceptors (Lipinski definition) is 1. The van der Waals surface area contributed by atoms with Gasteiger partial charge in [-0.1, -0.05) is 226 Å². The summed E-state index contributed by atoms with van der Waals surface area (Å²) in [6, 6.07) is 122. The second-order valence-electron chi connectivity index (χ2n) is 25.6. The predicted octanol–water partition coefficient (Wildman–Crippen LogP) is 24.1. The van der Waals surface area contributed by atoms with Gasteiger partial charge in [-0.15, -0.1) is 0 Å². The first-order chi connectivity index (χ1) is 45.9. The van der Waals surface area contributed by atoms with Crippen molar-refractivity contribution < 1.29 is 0 Å². The van der Waals surface area contributed by atoms with E-state index in [0.29, 0.717) is 0 Å². The molecule has 0 fully saturated rings. The smallest absolute Gasteiger partial charge is 0.0547 e. The number of nitrogens with zero attached hydrogens (tertiary/aromatic N) is 4. The number of rotatable bonds is 9. The molecule has 436 valence electrons. The highest BCUT2D eigenvalue weighted by atomic mass is 15.1. The fourth-order valence-electron chi connectivity index (χ4n) is 15.9. The van der Waals surface area contributed by atoms with Crippen molar-refractivity contribution in [1.29, 1.82) is 0 Å². The summed E-state index contributed by atoms with van der Waals surface area (Å²) in [7, 11) is 0. The van der Waals surface area contributed by atoms with E-state index in [9.17, 15) is 0 Å². The van der Waals surface area contributed by atoms with Crippen LogP contribution in [-0.2, 0) is 5.41 Å². The second kappa shape index (κ2) is 20.5. The Bertz CT molecular complexity index is 5840. The minimum absolute atomic E-state index is 0.326. The fraction of sp³-hybridized carbons (Fsp3) is 0.0337. The zero-order valence-electron chi connectivity index (χ0n) is 51.5. The Kier molecular flexibility index (Phi) is 11.7. The molecule has 19 rings (SSSR count). The van der Waals surface area contributed by atoms with E-state index in [1.54, 1.807) is 0 Å². The molecule has 0 atom stereocenters. The van der Waals surface area contributed by atoms with Crippen molar-refractivity contribution in [2.24, 2.45) is 0 Å². The van der Waals surface area contributed by atoms with Crippen molar-refractivity contribution in [2.75, 3.05) is 4.90 Å². The van der Waals surface area contributed by atoms with Crippen molar-refractivity contribution in [3.8, 4) is 61.6 Å². The van der Waals surface area contributed by atoms with E-state index in [1.165, 1.54) is 143 Å². The highest BCUT2D eigenvalue weighted by Gasteiger charge is 2.37. The molecule has 0 bridgehead atoms. The molecule has 15 aromatic carbocycles. The molecule has 3 heterocycles. The lowest BCUT2D eigenvalue weighted by Gasteiger charge is -2.31. The van der Waals surface area contributed by atoms with Gasteiger partial charge in [0, 0.05) is 71.3 Å². The summed E-state index contributed by atoms with van der Waals surface area (Å²) in [6.45, 7) is 4.84. The van der Waals surface area contributed by atoms with Gasteiger partial charge in [-0.25, -0.2) is 0 Å². The zero-order valence-corrected chi connectivity index (χ0v) is 51.5. The summed E-state index contributed by atoms with van der Waals surface area (Å²) in [5.74, 6) is 0. The van der Waals surface area contributed by atoms with Gasteiger partial charge in [0.25, 0.3) is 0 Å². The van der Waals surface area contributed by atoms with E-state index in [0.717, 1.165) is 34.1 Å². The molecule has 18 aromatic rings. The minimum atomic E-state index is -0.326. The van der Waals surface area contributed by atoms with Crippen molar-refractivity contribution in [1.82, 2.24) is 13.7 Å². The molecule has 0 radical (unpaired) electrons. The predicted molar refractivity (Wildman–Crippen MR) is 393 cm³/mol. The molecular formula is C89H60N4. The number of fused-ring (bicyclic) bond motifs is 14. The molecule has 0 saturated carbocycles. The van der Waals surface area contributed by atoms with Crippen LogP contribution < -0.4 is 4.90 Å². The first-order valence-corrected chi connectivity index (χ1v) is 32.3. The van der Waals surface area contributed by atoms with Gasteiger partial charge in [0.15, 0.2) is 0 Å². The maximum atomic E-state index is 2.55. The van der Waals surface area contributed by atoms with Crippen LogP contribution in [0, 0.1) is 0 Å². The normalized spacial score (nSPS) is 12.7. The Balaban J connectivity index is 0.778. The lowest BCUT2D eigenvalue weighted by atomic mass is 9.81. The van der Waals surface area contributed by atoms with Crippen LogP contribution in [-0.4, -0.2) is 13.7 Å². The van der Waals surface area contributed by atoms with E-state index in [-0.39, 0.29) is 5.41 Å². The van der Waals surface area contributed by atoms with Gasteiger partial charge in [-0.05, 0) is 182 Å². The third-order valence-corrected chi connectivity index (χ3v) is 20.2. The Morgan fingerprint density at radius 1 is 0.226 bits per heavy atom. The lowest BCUT2D eigenvalue weighted by Crippen LogP contribution is -2.17. The van der Waals surface area contributed by atoms with Crippen LogP contribution in [0.5, 0.6) is 0 Å². The summed E-state index contributed by atoms with van der Waals surface area (Å²) in [5.41, 5.74) is 26.0. The van der Waals surface area contributed by atoms with E-state index in [4.69, 9.17) is 0 Å². The van der Waals surface area contributed by atoms with Gasteiger partial charge in [0.2, 0.25) is 0 Å². The molecule has 4 nitrogen and oxygen atoms in total. The average molecular weight is 1190 g/mol. The van der Waals surface area contributed by atoms with Gasteiger partial charge in [0.05, 0.1) is 44.5 Å². The number of para-hydroxylation sites is 6. The van der Waals surface area contributed by atoms with Gasteiger partial charge in [-0.2, -0.15) is 0 Å². The quantitative estimate of drug-likeness (QED) is 0.141. The van der Waals surface area contributed by atoms with Gasteiger partial charge < -0.3 is 18.6 Å². The number of benzene rings is 15. The topological polar surface area (TPSA) is 18.0 Å². The Hall–Kier alpha value is -12.0. The number of anilines is 3. The third kappa shape index (κ3) is 8.05. The van der Waals surface area contributed by atoms with E-state index < -0.39 is 0 Å². The maximum absolute atomic E-state index is 2.55. The highest BCUT2D eigenvalue weighted by molar-refractivity contribution is 6.16. The standard InChI is InChI=1S/C89H60N4/c1-89(2)79-54-57(58-39-44-76-73-32-16-19-35-81(73)92(88(76)55-58)63-26-10-5-11-27-63)38-43-69(79)70-45-42-64(56-80(70)89)93(84-50-46-65(67-28-12-14-30-71(67)84)59-40-48-86-77(52-59)74-33-17-20-36-82(74)90(86)61-22-6-3-7-23-61)85-51-47-66(68-29-13-15-31-72(68)85)60-41-49-87-78(53-60)75-34-18-21-37-83(75)91(87)62-24-8-4-9-25-62/h3-56H,1-2H3. The molecule has 0 amide bonds. The molecule has 4 heteroatoms. The fourth-order valence-corrected chi connectivity index (χ4v) is 15.9. The van der Waals surface area contributed by atoms with Crippen LogP contribution >= 0.6 is 0 Å². The van der Waals surface area contributed by atoms with Gasteiger partial charge >= 0.3 is 0 Å². The van der Waals surface area contributed by atoms with Crippen LogP contribution in [0.15, 0.2) is 328 Å². The van der Waals surface area contributed by atoms with E-state index >= 15 is 0 Å². The Morgan fingerprint density at radius 2 is 0.570 bits per heavy atom. The van der Waals surface area contributed by atoms with Crippen LogP contribution in [0.4, 0.5) is 17.1 Å². The minimum Gasteiger partial charge on any atom is -0.309 e. The summed E-state index contributed by atoms with van der Waals surface area (Å²) in [6.07, 6.45) is 0. The Labute approximate surface area is 539 Å². The van der Waals surface area contributed by atoms with Gasteiger partial charge in [-0.3, -0.25) is 0 Å². The zero-order chi connectivity index (χ0) is 61.5. The molecule has 93 heavy (non-hydrogen) atoms. The van der Waals surface area contributed by atoms with Crippen molar-refractivity contribution in [3.05, 3.63) is 339 Å². The van der Waals surface area contributed by atoms with Crippen LogP contribution in [0.2, 0.25) is 0 Å². The average Bonchev–Trinajstić information content (AvgIpc) is 1.68. The molecule has 0 saturated heterocycles. The SMILES string of the molecule is CC1(C)c2cc(-c3ccc4c5ccccc5n(-c5ccccc5)c4c3)ccc2-c2ccc(N(c3ccc(-c4ccc5c(c4)c4ccccc4n5-c4ccccc4)c4ccccc34)c3ccc(-c4ccc5c(c4)c4ccccc4n5-c4ccccc4)c4ccccc34)cc21. The van der Waals surface area contributed by atoms with Crippen molar-refractivity contribution in [2.45, 2.75) is 19.3 Å². The first-order valence-electron chi connectivity index (χ1n) is 32.3. The largest absolute Gasteiger partial charge is 0.309 e. The molecule has 1 aliphatic carbocycles. The van der Waals surface area contributed by atoms with Crippen molar-refractivity contribution in [3.63, 3.8) is 0 Å². The first kappa shape index (κ1) is 52.9. The highest BCUT2D eigenvalue weighted by Crippen LogP contribution is 2.54. The number of hydrogen-bond donors (Lipinski definition) is 0. The van der Waals surface area contributed by atoms with Crippen molar-refractivity contribution >= 4 is 104 Å². The number of aromatic nitrogens is 3. The molecule has 1 aliphatic rings. The monoisotopic (exact) mass is 1180 g/mol. The van der Waals surface area contributed by atoms with E-state index in [2.05, 4.69) is 360 Å². The second-order valence-corrected chi connectivity index (χ2v) is 25.6. The lowest BCUT2D eigenvalue weighted by molar-refractivity contribution is 0.660. The molecule has 0 spiro atoms. The molecule has 0 N–H and O–H groups in total. The summed E-state index contributed by atoms with van der Waals surface area (Å²) < 4.78 is 7.21. The molecule has 0 unspecified atom stereocenters. The van der Waals surface area contributed by atoms with Gasteiger partial charge in [0.1, 0.15) is 0 Å².